The lowest BCUT2D eigenvalue weighted by Gasteiger charge is -2.16. The average Bonchev–Trinajstić information content (AvgIpc) is 3.12. The Hall–Kier alpha value is -3.55. The Morgan fingerprint density at radius 2 is 1.75 bits per heavy atom. The molecule has 4 rings (SSSR count). The van der Waals surface area contributed by atoms with E-state index in [0.717, 1.165) is 26.1 Å². The largest absolute Gasteiger partial charge is 0.493 e. The van der Waals surface area contributed by atoms with Crippen LogP contribution >= 0.6 is 27.5 Å². The minimum atomic E-state index is -0.478. The number of methoxy groups -OCH3 is 1. The number of carbonyl (C=O) groups is 2. The van der Waals surface area contributed by atoms with E-state index in [1.165, 1.54) is 0 Å². The number of allylic oxidation sites excluding steroid dienone is 1. The van der Waals surface area contributed by atoms with Crippen LogP contribution in [0.15, 0.2) is 83.5 Å². The first kappa shape index (κ1) is 25.5. The maximum atomic E-state index is 13.0. The predicted octanol–water partition coefficient (Wildman–Crippen LogP) is 6.51. The van der Waals surface area contributed by atoms with Crippen LogP contribution in [-0.4, -0.2) is 23.9 Å². The monoisotopic (exact) mass is 566 g/mol. The Morgan fingerprint density at radius 1 is 1.06 bits per heavy atom. The molecule has 3 aromatic carbocycles. The topological polar surface area (TPSA) is 67.9 Å². The lowest BCUT2D eigenvalue weighted by atomic mass is 10.0. The molecule has 0 atom stereocenters. The van der Waals surface area contributed by atoms with E-state index in [1.54, 1.807) is 49.6 Å². The molecule has 6 nitrogen and oxygen atoms in total. The van der Waals surface area contributed by atoms with Gasteiger partial charge in [-0.1, -0.05) is 57.9 Å². The van der Waals surface area contributed by atoms with Crippen LogP contribution in [0.2, 0.25) is 5.02 Å². The summed E-state index contributed by atoms with van der Waals surface area (Å²) in [6.45, 7) is 4.36. The van der Waals surface area contributed by atoms with Gasteiger partial charge in [0.25, 0.3) is 5.91 Å². The molecule has 1 aliphatic heterocycles. The van der Waals surface area contributed by atoms with Gasteiger partial charge in [0.15, 0.2) is 11.5 Å². The standard InChI is InChI=1S/C28H24BrClN2O4/c1-3-4-21-13-20(15-25(35-2)26(21)36-17-19-5-9-22(29)10-6-19)14-24-27(33)32(28(34)31-24)16-18-7-11-23(30)12-8-18/h3,5-15H,1,4,16-17H2,2H3,(H,31,34)/b24-14-. The lowest BCUT2D eigenvalue weighted by Crippen LogP contribution is -2.30. The number of rotatable bonds is 9. The maximum Gasteiger partial charge on any atom is 0.329 e. The maximum absolute atomic E-state index is 13.0. The minimum absolute atomic E-state index is 0.146. The van der Waals surface area contributed by atoms with E-state index in [4.69, 9.17) is 21.1 Å². The van der Waals surface area contributed by atoms with Crippen LogP contribution in [-0.2, 0) is 24.4 Å². The first-order chi connectivity index (χ1) is 17.4. The predicted molar refractivity (Wildman–Crippen MR) is 144 cm³/mol. The Kier molecular flexibility index (Phi) is 8.13. The number of ether oxygens (including phenoxy) is 2. The van der Waals surface area contributed by atoms with E-state index >= 15 is 0 Å². The van der Waals surface area contributed by atoms with Crippen molar-refractivity contribution >= 4 is 45.5 Å². The van der Waals surface area contributed by atoms with Crippen LogP contribution in [0, 0.1) is 0 Å². The van der Waals surface area contributed by atoms with Gasteiger partial charge in [-0.15, -0.1) is 6.58 Å². The number of halogens is 2. The van der Waals surface area contributed by atoms with E-state index in [0.29, 0.717) is 35.1 Å². The van der Waals surface area contributed by atoms with Crippen LogP contribution in [0.5, 0.6) is 11.5 Å². The molecule has 0 aromatic heterocycles. The van der Waals surface area contributed by atoms with Crippen LogP contribution < -0.4 is 14.8 Å². The highest BCUT2D eigenvalue weighted by Crippen LogP contribution is 2.35. The fraction of sp³-hybridized carbons (Fsp3) is 0.143. The molecule has 3 aromatic rings. The van der Waals surface area contributed by atoms with Crippen LogP contribution in [0.25, 0.3) is 6.08 Å². The molecule has 0 saturated carbocycles. The Labute approximate surface area is 223 Å². The van der Waals surface area contributed by atoms with Gasteiger partial charge in [-0.2, -0.15) is 0 Å². The van der Waals surface area contributed by atoms with Gasteiger partial charge in [0.2, 0.25) is 0 Å². The van der Waals surface area contributed by atoms with Crippen molar-refractivity contribution in [1.82, 2.24) is 10.2 Å². The Balaban J connectivity index is 1.58. The molecule has 1 N–H and O–H groups in total. The summed E-state index contributed by atoms with van der Waals surface area (Å²) in [6, 6.07) is 18.1. The second-order valence-electron chi connectivity index (χ2n) is 8.13. The summed E-state index contributed by atoms with van der Waals surface area (Å²) in [7, 11) is 1.56. The van der Waals surface area contributed by atoms with Crippen molar-refractivity contribution in [2.75, 3.05) is 7.11 Å². The highest BCUT2D eigenvalue weighted by molar-refractivity contribution is 9.10. The molecule has 0 radical (unpaired) electrons. The summed E-state index contributed by atoms with van der Waals surface area (Å²) in [6.07, 6.45) is 3.94. The van der Waals surface area contributed by atoms with Gasteiger partial charge in [-0.3, -0.25) is 9.69 Å². The fourth-order valence-electron chi connectivity index (χ4n) is 3.78. The van der Waals surface area contributed by atoms with E-state index in [1.807, 2.05) is 30.3 Å². The third-order valence-electron chi connectivity index (χ3n) is 5.56. The molecule has 0 spiro atoms. The molecule has 0 bridgehead atoms. The summed E-state index contributed by atoms with van der Waals surface area (Å²) in [4.78, 5) is 26.6. The summed E-state index contributed by atoms with van der Waals surface area (Å²) in [5.41, 5.74) is 3.53. The molecule has 1 saturated heterocycles. The molecule has 0 unspecified atom stereocenters. The molecule has 0 aliphatic carbocycles. The van der Waals surface area contributed by atoms with Crippen molar-refractivity contribution in [2.45, 2.75) is 19.6 Å². The molecular weight excluding hydrogens is 544 g/mol. The third kappa shape index (κ3) is 5.98. The highest BCUT2D eigenvalue weighted by atomic mass is 79.9. The molecule has 8 heteroatoms. The third-order valence-corrected chi connectivity index (χ3v) is 6.34. The van der Waals surface area contributed by atoms with Crippen molar-refractivity contribution in [3.63, 3.8) is 0 Å². The van der Waals surface area contributed by atoms with Crippen molar-refractivity contribution in [3.05, 3.63) is 111 Å². The smallest absolute Gasteiger partial charge is 0.329 e. The number of hydrogen-bond acceptors (Lipinski definition) is 4. The number of benzene rings is 3. The van der Waals surface area contributed by atoms with Gasteiger partial charge >= 0.3 is 6.03 Å². The van der Waals surface area contributed by atoms with Crippen LogP contribution in [0.4, 0.5) is 4.79 Å². The quantitative estimate of drug-likeness (QED) is 0.182. The van der Waals surface area contributed by atoms with Crippen molar-refractivity contribution < 1.29 is 19.1 Å². The first-order valence-corrected chi connectivity index (χ1v) is 12.3. The van der Waals surface area contributed by atoms with Crippen molar-refractivity contribution in [3.8, 4) is 11.5 Å². The molecule has 1 aliphatic rings. The minimum Gasteiger partial charge on any atom is -0.493 e. The molecule has 1 fully saturated rings. The fourth-order valence-corrected chi connectivity index (χ4v) is 4.17. The SMILES string of the molecule is C=CCc1cc(/C=C2\NC(=O)N(Cc3ccc(Cl)cc3)C2=O)cc(OC)c1OCc1ccc(Br)cc1. The number of hydrogen-bond donors (Lipinski definition) is 1. The van der Waals surface area contributed by atoms with E-state index in [-0.39, 0.29) is 12.2 Å². The van der Waals surface area contributed by atoms with Gasteiger partial charge in [0, 0.05) is 15.1 Å². The van der Waals surface area contributed by atoms with Crippen LogP contribution in [0.1, 0.15) is 22.3 Å². The zero-order valence-electron chi connectivity index (χ0n) is 19.6. The number of carbonyl (C=O) groups excluding carboxylic acids is 2. The molecule has 3 amide bonds. The van der Waals surface area contributed by atoms with Gasteiger partial charge in [-0.05, 0) is 65.6 Å². The van der Waals surface area contributed by atoms with Gasteiger partial charge in [-0.25, -0.2) is 4.79 Å². The molecule has 184 valence electrons. The lowest BCUT2D eigenvalue weighted by molar-refractivity contribution is -0.123. The molecule has 1 heterocycles. The van der Waals surface area contributed by atoms with Gasteiger partial charge in [0.1, 0.15) is 12.3 Å². The van der Waals surface area contributed by atoms with E-state index < -0.39 is 11.9 Å². The summed E-state index contributed by atoms with van der Waals surface area (Å²) in [5, 5.41) is 3.25. The van der Waals surface area contributed by atoms with E-state index in [2.05, 4.69) is 27.8 Å². The average molecular weight is 568 g/mol. The number of nitrogens with zero attached hydrogens (tertiary/aromatic N) is 1. The number of imide groups is 1. The second-order valence-corrected chi connectivity index (χ2v) is 9.48. The highest BCUT2D eigenvalue weighted by Gasteiger charge is 2.33. The van der Waals surface area contributed by atoms with Crippen molar-refractivity contribution in [1.29, 1.82) is 0 Å². The Bertz CT molecular complexity index is 1320. The van der Waals surface area contributed by atoms with Crippen LogP contribution in [0.3, 0.4) is 0 Å². The summed E-state index contributed by atoms with van der Waals surface area (Å²) in [5.74, 6) is 0.719. The normalized spacial score (nSPS) is 14.2. The number of nitrogens with one attached hydrogen (secondary N) is 1. The van der Waals surface area contributed by atoms with Crippen molar-refractivity contribution in [2.24, 2.45) is 0 Å². The zero-order valence-corrected chi connectivity index (χ0v) is 21.9. The molecular formula is C28H24BrClN2O4. The summed E-state index contributed by atoms with van der Waals surface area (Å²) >= 11 is 9.37. The second kappa shape index (κ2) is 11.5. The number of amides is 3. The van der Waals surface area contributed by atoms with Gasteiger partial charge in [0.05, 0.1) is 13.7 Å². The first-order valence-electron chi connectivity index (χ1n) is 11.2. The zero-order chi connectivity index (χ0) is 25.7. The Morgan fingerprint density at radius 3 is 2.42 bits per heavy atom. The van der Waals surface area contributed by atoms with E-state index in [9.17, 15) is 9.59 Å². The summed E-state index contributed by atoms with van der Waals surface area (Å²) < 4.78 is 12.7. The van der Waals surface area contributed by atoms with Gasteiger partial charge < -0.3 is 14.8 Å². The number of urea groups is 1. The molecule has 36 heavy (non-hydrogen) atoms.